The van der Waals surface area contributed by atoms with Gasteiger partial charge in [0, 0.05) is 32.1 Å². The predicted molar refractivity (Wildman–Crippen MR) is 73.1 cm³/mol. The number of nitrogens with zero attached hydrogens (tertiary/aromatic N) is 3. The first kappa shape index (κ1) is 13.1. The van der Waals surface area contributed by atoms with Crippen molar-refractivity contribution in [1.82, 2.24) is 9.97 Å². The molecule has 1 atom stereocenters. The molecule has 1 aliphatic carbocycles. The van der Waals surface area contributed by atoms with Crippen LogP contribution in [0.5, 0.6) is 0 Å². The molecule has 5 nitrogen and oxygen atoms in total. The lowest BCUT2D eigenvalue weighted by Crippen LogP contribution is -2.28. The Hall–Kier alpha value is -1.36. The van der Waals surface area contributed by atoms with E-state index in [0.717, 1.165) is 24.0 Å². The standard InChI is InChI=1S/C13H22N4O/c1-4-14-11-7-12(17(3)8-9(2)18)16-13(15-11)10-5-6-10/h7,9-10,18H,4-6,8H2,1-3H3,(H,14,15,16). The van der Waals surface area contributed by atoms with Crippen LogP contribution in [0.3, 0.4) is 0 Å². The highest BCUT2D eigenvalue weighted by atomic mass is 16.3. The van der Waals surface area contributed by atoms with Gasteiger partial charge in [-0.15, -0.1) is 0 Å². The quantitative estimate of drug-likeness (QED) is 0.803. The SMILES string of the molecule is CCNc1cc(N(C)CC(C)O)nc(C2CC2)n1. The van der Waals surface area contributed by atoms with Crippen molar-refractivity contribution in [2.75, 3.05) is 30.4 Å². The summed E-state index contributed by atoms with van der Waals surface area (Å²) in [5, 5.41) is 12.7. The third-order valence-electron chi connectivity index (χ3n) is 2.96. The smallest absolute Gasteiger partial charge is 0.136 e. The number of rotatable bonds is 6. The van der Waals surface area contributed by atoms with Crippen LogP contribution in [0.25, 0.3) is 0 Å². The summed E-state index contributed by atoms with van der Waals surface area (Å²) in [6.45, 7) is 5.26. The van der Waals surface area contributed by atoms with Gasteiger partial charge in [-0.25, -0.2) is 9.97 Å². The number of aromatic nitrogens is 2. The summed E-state index contributed by atoms with van der Waals surface area (Å²) >= 11 is 0. The normalized spacial score (nSPS) is 16.4. The van der Waals surface area contributed by atoms with Crippen molar-refractivity contribution < 1.29 is 5.11 Å². The maximum absolute atomic E-state index is 9.45. The van der Waals surface area contributed by atoms with Crippen LogP contribution in [-0.4, -0.2) is 41.3 Å². The Morgan fingerprint density at radius 1 is 1.50 bits per heavy atom. The summed E-state index contributed by atoms with van der Waals surface area (Å²) in [6, 6.07) is 1.94. The number of aliphatic hydroxyl groups is 1. The summed E-state index contributed by atoms with van der Waals surface area (Å²) in [5.74, 6) is 3.22. The highest BCUT2D eigenvalue weighted by Gasteiger charge is 2.27. The number of likely N-dealkylation sites (N-methyl/N-ethyl adjacent to an activating group) is 1. The highest BCUT2D eigenvalue weighted by molar-refractivity contribution is 5.49. The Bertz CT molecular complexity index is 404. The summed E-state index contributed by atoms with van der Waals surface area (Å²) in [7, 11) is 1.95. The largest absolute Gasteiger partial charge is 0.392 e. The van der Waals surface area contributed by atoms with Crippen molar-refractivity contribution in [3.05, 3.63) is 11.9 Å². The Balaban J connectivity index is 2.21. The molecule has 0 spiro atoms. The van der Waals surface area contributed by atoms with Crippen LogP contribution in [0.1, 0.15) is 38.4 Å². The third-order valence-corrected chi connectivity index (χ3v) is 2.96. The lowest BCUT2D eigenvalue weighted by molar-refractivity contribution is 0.201. The second-order valence-electron chi connectivity index (χ2n) is 5.00. The molecule has 1 unspecified atom stereocenters. The number of hydrogen-bond acceptors (Lipinski definition) is 5. The fourth-order valence-electron chi connectivity index (χ4n) is 1.93. The van der Waals surface area contributed by atoms with Crippen LogP contribution in [0.2, 0.25) is 0 Å². The zero-order valence-electron chi connectivity index (χ0n) is 11.3. The summed E-state index contributed by atoms with van der Waals surface area (Å²) in [6.07, 6.45) is 2.02. The van der Waals surface area contributed by atoms with E-state index in [4.69, 9.17) is 0 Å². The first-order chi connectivity index (χ1) is 8.60. The lowest BCUT2D eigenvalue weighted by Gasteiger charge is -2.21. The Morgan fingerprint density at radius 2 is 2.22 bits per heavy atom. The van der Waals surface area contributed by atoms with Gasteiger partial charge < -0.3 is 15.3 Å². The number of hydrogen-bond donors (Lipinski definition) is 2. The van der Waals surface area contributed by atoms with Gasteiger partial charge >= 0.3 is 0 Å². The third kappa shape index (κ3) is 3.32. The first-order valence-corrected chi connectivity index (χ1v) is 6.62. The highest BCUT2D eigenvalue weighted by Crippen LogP contribution is 2.39. The van der Waals surface area contributed by atoms with E-state index in [1.165, 1.54) is 12.8 Å². The van der Waals surface area contributed by atoms with Crippen LogP contribution in [-0.2, 0) is 0 Å². The molecule has 0 saturated heterocycles. The van der Waals surface area contributed by atoms with Crippen LogP contribution in [0.15, 0.2) is 6.07 Å². The molecule has 0 amide bonds. The van der Waals surface area contributed by atoms with Gasteiger partial charge in [0.1, 0.15) is 17.5 Å². The van der Waals surface area contributed by atoms with Gasteiger partial charge in [0.2, 0.25) is 0 Å². The molecule has 0 aromatic carbocycles. The monoisotopic (exact) mass is 250 g/mol. The number of anilines is 2. The summed E-state index contributed by atoms with van der Waals surface area (Å²) in [4.78, 5) is 11.1. The maximum atomic E-state index is 9.45. The maximum Gasteiger partial charge on any atom is 0.136 e. The van der Waals surface area contributed by atoms with Crippen LogP contribution in [0.4, 0.5) is 11.6 Å². The molecule has 0 aliphatic heterocycles. The van der Waals surface area contributed by atoms with Gasteiger partial charge in [-0.3, -0.25) is 0 Å². The Kier molecular flexibility index (Phi) is 4.01. The fourth-order valence-corrected chi connectivity index (χ4v) is 1.93. The molecular weight excluding hydrogens is 228 g/mol. The van der Waals surface area contributed by atoms with Crippen LogP contribution >= 0.6 is 0 Å². The average molecular weight is 250 g/mol. The molecule has 0 radical (unpaired) electrons. The van der Waals surface area contributed by atoms with Gasteiger partial charge in [-0.05, 0) is 26.7 Å². The Labute approximate surface area is 108 Å². The molecule has 1 heterocycles. The molecule has 18 heavy (non-hydrogen) atoms. The topological polar surface area (TPSA) is 61.3 Å². The van der Waals surface area contributed by atoms with E-state index in [1.54, 1.807) is 6.92 Å². The lowest BCUT2D eigenvalue weighted by atomic mass is 10.3. The van der Waals surface area contributed by atoms with Crippen LogP contribution < -0.4 is 10.2 Å². The molecule has 2 rings (SSSR count). The number of nitrogens with one attached hydrogen (secondary N) is 1. The minimum Gasteiger partial charge on any atom is -0.392 e. The zero-order chi connectivity index (χ0) is 13.1. The van der Waals surface area contributed by atoms with E-state index in [1.807, 2.05) is 18.0 Å². The van der Waals surface area contributed by atoms with Crippen molar-refractivity contribution in [1.29, 1.82) is 0 Å². The van der Waals surface area contributed by atoms with Crippen molar-refractivity contribution >= 4 is 11.6 Å². The Morgan fingerprint density at radius 3 is 2.78 bits per heavy atom. The molecule has 5 heteroatoms. The molecule has 1 saturated carbocycles. The van der Waals surface area contributed by atoms with E-state index < -0.39 is 0 Å². The molecule has 1 aromatic heterocycles. The van der Waals surface area contributed by atoms with E-state index in [9.17, 15) is 5.11 Å². The molecular formula is C13H22N4O. The first-order valence-electron chi connectivity index (χ1n) is 6.62. The van der Waals surface area contributed by atoms with Gasteiger partial charge in [0.05, 0.1) is 6.10 Å². The zero-order valence-corrected chi connectivity index (χ0v) is 11.3. The molecule has 1 fully saturated rings. The molecule has 0 bridgehead atoms. The summed E-state index contributed by atoms with van der Waals surface area (Å²) < 4.78 is 0. The van der Waals surface area contributed by atoms with Gasteiger partial charge in [-0.1, -0.05) is 0 Å². The fraction of sp³-hybridized carbons (Fsp3) is 0.692. The van der Waals surface area contributed by atoms with Gasteiger partial charge in [0.25, 0.3) is 0 Å². The second kappa shape index (κ2) is 5.52. The van der Waals surface area contributed by atoms with E-state index in [0.29, 0.717) is 12.5 Å². The van der Waals surface area contributed by atoms with Crippen LogP contribution in [0, 0.1) is 0 Å². The van der Waals surface area contributed by atoms with Crippen molar-refractivity contribution in [3.63, 3.8) is 0 Å². The van der Waals surface area contributed by atoms with Crippen molar-refractivity contribution in [3.8, 4) is 0 Å². The van der Waals surface area contributed by atoms with Crippen molar-refractivity contribution in [2.45, 2.75) is 38.7 Å². The molecule has 100 valence electrons. The van der Waals surface area contributed by atoms with E-state index in [2.05, 4.69) is 22.2 Å². The number of aliphatic hydroxyl groups excluding tert-OH is 1. The molecule has 1 aromatic rings. The minimum absolute atomic E-state index is 0.364. The van der Waals surface area contributed by atoms with Gasteiger partial charge in [0.15, 0.2) is 0 Å². The summed E-state index contributed by atoms with van der Waals surface area (Å²) in [5.41, 5.74) is 0. The second-order valence-corrected chi connectivity index (χ2v) is 5.00. The van der Waals surface area contributed by atoms with Crippen molar-refractivity contribution in [2.24, 2.45) is 0 Å². The van der Waals surface area contributed by atoms with E-state index >= 15 is 0 Å². The average Bonchev–Trinajstić information content (AvgIpc) is 3.12. The van der Waals surface area contributed by atoms with Gasteiger partial charge in [-0.2, -0.15) is 0 Å². The van der Waals surface area contributed by atoms with E-state index in [-0.39, 0.29) is 6.10 Å². The predicted octanol–water partition coefficient (Wildman–Crippen LogP) is 1.60. The molecule has 2 N–H and O–H groups in total. The minimum atomic E-state index is -0.364. The molecule has 1 aliphatic rings.